The summed E-state index contributed by atoms with van der Waals surface area (Å²) in [6.45, 7) is 4.71. The third-order valence-corrected chi connectivity index (χ3v) is 5.41. The van der Waals surface area contributed by atoms with E-state index in [2.05, 4.69) is 20.5 Å². The van der Waals surface area contributed by atoms with Crippen molar-refractivity contribution in [2.75, 3.05) is 23.3 Å². The molecule has 2 atom stereocenters. The van der Waals surface area contributed by atoms with Gasteiger partial charge in [-0.05, 0) is 26.3 Å². The number of anilines is 2. The second-order valence-corrected chi connectivity index (χ2v) is 7.53. The van der Waals surface area contributed by atoms with E-state index in [1.165, 1.54) is 12.1 Å². The topological polar surface area (TPSA) is 74.2 Å². The second kappa shape index (κ2) is 8.06. The zero-order valence-corrected chi connectivity index (χ0v) is 16.6. The first-order valence-corrected chi connectivity index (χ1v) is 9.74. The molecular weight excluding hydrogens is 395 g/mol. The Morgan fingerprint density at radius 3 is 2.70 bits per heavy atom. The Morgan fingerprint density at radius 1 is 1.23 bits per heavy atom. The number of fused-ring (bicyclic) bond motifs is 1. The van der Waals surface area contributed by atoms with E-state index in [9.17, 15) is 18.3 Å². The van der Waals surface area contributed by atoms with Crippen LogP contribution in [0, 0.1) is 12.7 Å². The van der Waals surface area contributed by atoms with E-state index in [4.69, 9.17) is 0 Å². The number of alkyl halides is 2. The minimum absolute atomic E-state index is 0.120. The molecule has 3 heterocycles. The first-order chi connectivity index (χ1) is 14.3. The molecule has 0 radical (unpaired) electrons. The SMILES string of the molecule is Cc1nnc(N[C@H](C)c2cccc(C(F)F)c2F)c2cc(N3CC[C@@H](O)C3)cnc12. The second-order valence-electron chi connectivity index (χ2n) is 7.53. The van der Waals surface area contributed by atoms with Crippen LogP contribution in [0.1, 0.15) is 42.6 Å². The van der Waals surface area contributed by atoms with Crippen LogP contribution in [0.2, 0.25) is 0 Å². The van der Waals surface area contributed by atoms with Gasteiger partial charge in [0.15, 0.2) is 5.82 Å². The van der Waals surface area contributed by atoms with E-state index in [0.29, 0.717) is 35.4 Å². The van der Waals surface area contributed by atoms with Crippen LogP contribution in [-0.2, 0) is 0 Å². The van der Waals surface area contributed by atoms with Gasteiger partial charge in [-0.25, -0.2) is 13.2 Å². The molecular formula is C21H22F3N5O. The molecule has 2 N–H and O–H groups in total. The molecule has 1 aromatic carbocycles. The van der Waals surface area contributed by atoms with E-state index in [0.717, 1.165) is 18.3 Å². The largest absolute Gasteiger partial charge is 0.391 e. The summed E-state index contributed by atoms with van der Waals surface area (Å²) in [5, 5.41) is 21.9. The number of β-amino-alcohol motifs (C(OH)–C–C–N with tert-alkyl or cyclic N) is 1. The van der Waals surface area contributed by atoms with Crippen molar-refractivity contribution in [3.05, 3.63) is 53.1 Å². The van der Waals surface area contributed by atoms with Gasteiger partial charge in [0.2, 0.25) is 0 Å². The third-order valence-electron chi connectivity index (χ3n) is 5.41. The van der Waals surface area contributed by atoms with Gasteiger partial charge >= 0.3 is 0 Å². The summed E-state index contributed by atoms with van der Waals surface area (Å²) < 4.78 is 40.7. The highest BCUT2D eigenvalue weighted by molar-refractivity contribution is 5.92. The van der Waals surface area contributed by atoms with Crippen molar-refractivity contribution in [2.24, 2.45) is 0 Å². The Kier molecular flexibility index (Phi) is 5.46. The van der Waals surface area contributed by atoms with E-state index in [1.807, 2.05) is 11.0 Å². The summed E-state index contributed by atoms with van der Waals surface area (Å²) >= 11 is 0. The molecule has 0 spiro atoms. The number of aliphatic hydroxyl groups is 1. The predicted octanol–water partition coefficient (Wildman–Crippen LogP) is 4.15. The van der Waals surface area contributed by atoms with Crippen LogP contribution in [0.15, 0.2) is 30.5 Å². The molecule has 9 heteroatoms. The number of benzene rings is 1. The number of rotatable bonds is 5. The Hall–Kier alpha value is -2.94. The Bertz CT molecular complexity index is 1080. The Balaban J connectivity index is 1.70. The maximum Gasteiger partial charge on any atom is 0.266 e. The smallest absolute Gasteiger partial charge is 0.266 e. The van der Waals surface area contributed by atoms with Crippen molar-refractivity contribution in [3.8, 4) is 0 Å². The maximum absolute atomic E-state index is 14.6. The summed E-state index contributed by atoms with van der Waals surface area (Å²) in [5.74, 6) is -0.541. The lowest BCUT2D eigenvalue weighted by Crippen LogP contribution is -2.21. The van der Waals surface area contributed by atoms with Crippen LogP contribution >= 0.6 is 0 Å². The molecule has 2 aromatic heterocycles. The minimum atomic E-state index is -2.89. The van der Waals surface area contributed by atoms with Crippen LogP contribution in [0.4, 0.5) is 24.7 Å². The summed E-state index contributed by atoms with van der Waals surface area (Å²) in [7, 11) is 0. The first-order valence-electron chi connectivity index (χ1n) is 9.74. The predicted molar refractivity (Wildman–Crippen MR) is 108 cm³/mol. The summed E-state index contributed by atoms with van der Waals surface area (Å²) in [5.41, 5.74) is 1.62. The standard InChI is InChI=1S/C21H22F3N5O/c1-11(15-4-3-5-16(18(15)22)20(23)24)26-21-17-8-13(29-7-6-14(30)10-29)9-25-19(17)12(2)27-28-21/h3-5,8-9,11,14,20,30H,6-7,10H2,1-2H3,(H,26,28)/t11-,14-/m1/s1. The lowest BCUT2D eigenvalue weighted by molar-refractivity contribution is 0.146. The molecule has 4 rings (SSSR count). The van der Waals surface area contributed by atoms with Gasteiger partial charge in [0.25, 0.3) is 6.43 Å². The average Bonchev–Trinajstić information content (AvgIpc) is 3.16. The fraction of sp³-hybridized carbons (Fsp3) is 0.381. The molecule has 0 bridgehead atoms. The van der Waals surface area contributed by atoms with Crippen molar-refractivity contribution in [1.29, 1.82) is 0 Å². The third kappa shape index (κ3) is 3.77. The van der Waals surface area contributed by atoms with Gasteiger partial charge in [0.1, 0.15) is 5.82 Å². The number of aromatic nitrogens is 3. The molecule has 0 unspecified atom stereocenters. The summed E-state index contributed by atoms with van der Waals surface area (Å²) in [6.07, 6.45) is -0.845. The fourth-order valence-electron chi connectivity index (χ4n) is 3.76. The van der Waals surface area contributed by atoms with Gasteiger partial charge in [-0.3, -0.25) is 4.98 Å². The van der Waals surface area contributed by atoms with Crippen molar-refractivity contribution in [3.63, 3.8) is 0 Å². The number of nitrogens with one attached hydrogen (secondary N) is 1. The van der Waals surface area contributed by atoms with Crippen molar-refractivity contribution >= 4 is 22.4 Å². The van der Waals surface area contributed by atoms with Gasteiger partial charge in [0, 0.05) is 24.0 Å². The molecule has 1 fully saturated rings. The highest BCUT2D eigenvalue weighted by Crippen LogP contribution is 2.32. The normalized spacial score (nSPS) is 17.7. The van der Waals surface area contributed by atoms with Crippen LogP contribution < -0.4 is 10.2 Å². The molecule has 1 aliphatic heterocycles. The van der Waals surface area contributed by atoms with Crippen molar-refractivity contribution in [2.45, 2.75) is 38.8 Å². The van der Waals surface area contributed by atoms with Crippen LogP contribution in [0.3, 0.4) is 0 Å². The van der Waals surface area contributed by atoms with E-state index >= 15 is 0 Å². The zero-order chi connectivity index (χ0) is 21.4. The van der Waals surface area contributed by atoms with Crippen LogP contribution in [0.25, 0.3) is 10.9 Å². The number of nitrogens with zero attached hydrogens (tertiary/aromatic N) is 4. The van der Waals surface area contributed by atoms with Gasteiger partial charge in [-0.1, -0.05) is 18.2 Å². The highest BCUT2D eigenvalue weighted by Gasteiger charge is 2.23. The van der Waals surface area contributed by atoms with Crippen LogP contribution in [-0.4, -0.2) is 39.5 Å². The number of hydrogen-bond acceptors (Lipinski definition) is 6. The van der Waals surface area contributed by atoms with Gasteiger partial charge in [0.05, 0.1) is 40.8 Å². The Morgan fingerprint density at radius 2 is 2.00 bits per heavy atom. The average molecular weight is 417 g/mol. The lowest BCUT2D eigenvalue weighted by atomic mass is 10.0. The number of halogens is 3. The molecule has 0 amide bonds. The molecule has 1 saturated heterocycles. The van der Waals surface area contributed by atoms with E-state index in [1.54, 1.807) is 20.0 Å². The number of aliphatic hydroxyl groups excluding tert-OH is 1. The summed E-state index contributed by atoms with van der Waals surface area (Å²) in [6, 6.07) is 5.25. The highest BCUT2D eigenvalue weighted by atomic mass is 19.3. The first kappa shape index (κ1) is 20.3. The maximum atomic E-state index is 14.6. The molecule has 1 aliphatic rings. The van der Waals surface area contributed by atoms with Gasteiger partial charge < -0.3 is 15.3 Å². The lowest BCUT2D eigenvalue weighted by Gasteiger charge is -2.20. The number of aryl methyl sites for hydroxylation is 1. The van der Waals surface area contributed by atoms with E-state index < -0.39 is 23.8 Å². The molecule has 6 nitrogen and oxygen atoms in total. The number of pyridine rings is 1. The summed E-state index contributed by atoms with van der Waals surface area (Å²) in [4.78, 5) is 6.54. The van der Waals surface area contributed by atoms with Crippen molar-refractivity contribution < 1.29 is 18.3 Å². The molecule has 0 aliphatic carbocycles. The van der Waals surface area contributed by atoms with Gasteiger partial charge in [-0.2, -0.15) is 5.10 Å². The van der Waals surface area contributed by atoms with Gasteiger partial charge in [-0.15, -0.1) is 5.10 Å². The molecule has 0 saturated carbocycles. The molecule has 158 valence electrons. The fourth-order valence-corrected chi connectivity index (χ4v) is 3.76. The van der Waals surface area contributed by atoms with Crippen LogP contribution in [0.5, 0.6) is 0 Å². The minimum Gasteiger partial charge on any atom is -0.391 e. The zero-order valence-electron chi connectivity index (χ0n) is 16.6. The monoisotopic (exact) mass is 417 g/mol. The number of hydrogen-bond donors (Lipinski definition) is 2. The molecule has 30 heavy (non-hydrogen) atoms. The Labute approximate surface area is 171 Å². The van der Waals surface area contributed by atoms with Crippen molar-refractivity contribution in [1.82, 2.24) is 15.2 Å². The van der Waals surface area contributed by atoms with E-state index in [-0.39, 0.29) is 11.7 Å². The molecule has 3 aromatic rings. The quantitative estimate of drug-likeness (QED) is 0.650.